The van der Waals surface area contributed by atoms with Gasteiger partial charge in [-0.2, -0.15) is 34.9 Å². The average Bonchev–Trinajstić information content (AvgIpc) is 2.87. The molecule has 4 atom stereocenters. The lowest BCUT2D eigenvalue weighted by molar-refractivity contribution is -0.120. The van der Waals surface area contributed by atoms with Crippen molar-refractivity contribution < 1.29 is 35.2 Å². The summed E-state index contributed by atoms with van der Waals surface area (Å²) < 4.78 is 80.2. The fourth-order valence-corrected chi connectivity index (χ4v) is 7.15. The molecule has 12 nitrogen and oxygen atoms in total. The molecule has 2 aromatic carbocycles. The van der Waals surface area contributed by atoms with Gasteiger partial charge in [-0.1, -0.05) is 23.2 Å². The van der Waals surface area contributed by atoms with Crippen LogP contribution in [0, 0.1) is 11.6 Å². The van der Waals surface area contributed by atoms with Gasteiger partial charge in [-0.15, -0.1) is 0 Å². The zero-order chi connectivity index (χ0) is 31.6. The molecule has 0 radical (unpaired) electrons. The summed E-state index contributed by atoms with van der Waals surface area (Å²) in [5.41, 5.74) is 0.617. The van der Waals surface area contributed by atoms with Crippen molar-refractivity contribution in [3.63, 3.8) is 0 Å². The Labute approximate surface area is 253 Å². The van der Waals surface area contributed by atoms with Gasteiger partial charge in [0.1, 0.15) is 23.7 Å². The van der Waals surface area contributed by atoms with E-state index in [1.54, 1.807) is 13.8 Å². The van der Waals surface area contributed by atoms with E-state index in [9.17, 15) is 35.2 Å². The third-order valence-corrected chi connectivity index (χ3v) is 10.5. The second kappa shape index (κ2) is 13.5. The van der Waals surface area contributed by atoms with Crippen molar-refractivity contribution in [1.82, 2.24) is 18.1 Å². The standard InChI is InChI=1S/2C12H15ClFN3O3S/c2*1-7-5-11(17(2)21(19,20)16-7)12(18)15-8-3-4-10(14)9(13)6-8/h2*3-4,6-7,11,16H,5H2,1-2H3,(H,15,18)/t2*7-,11-/m10/s1. The van der Waals surface area contributed by atoms with Gasteiger partial charge < -0.3 is 10.6 Å². The number of rotatable bonds is 4. The van der Waals surface area contributed by atoms with Crippen molar-refractivity contribution in [3.05, 3.63) is 58.1 Å². The van der Waals surface area contributed by atoms with Gasteiger partial charge in [0.25, 0.3) is 20.4 Å². The minimum Gasteiger partial charge on any atom is -0.325 e. The highest BCUT2D eigenvalue weighted by Gasteiger charge is 2.39. The van der Waals surface area contributed by atoms with Crippen LogP contribution in [0.5, 0.6) is 0 Å². The SMILES string of the molecule is C[C@@H]1C[C@H](C(=O)Nc2ccc(F)c(Cl)c2)N(C)S(=O)(=O)N1.C[C@H]1C[C@@H](C(=O)Nc2ccc(F)c(Cl)c2)N(C)S(=O)(=O)N1. The summed E-state index contributed by atoms with van der Waals surface area (Å²) in [5, 5.41) is 4.85. The van der Waals surface area contributed by atoms with Crippen molar-refractivity contribution in [1.29, 1.82) is 0 Å². The molecule has 2 aliphatic heterocycles. The maximum absolute atomic E-state index is 13.1. The molecular formula is C24H30Cl2F2N6O6S2. The molecule has 18 heteroatoms. The quantitative estimate of drug-likeness (QED) is 0.392. The number of carbonyl (C=O) groups excluding carboxylic acids is 2. The molecule has 2 amide bonds. The Bertz CT molecular complexity index is 1450. The maximum Gasteiger partial charge on any atom is 0.280 e. The summed E-state index contributed by atoms with van der Waals surface area (Å²) in [6.07, 6.45) is 0.660. The Kier molecular flexibility index (Phi) is 10.9. The van der Waals surface area contributed by atoms with E-state index < -0.39 is 56.0 Å². The van der Waals surface area contributed by atoms with Crippen LogP contribution in [0.25, 0.3) is 0 Å². The molecule has 0 aliphatic carbocycles. The number of likely N-dealkylation sites (N-methyl/N-ethyl adjacent to an activating group) is 2. The van der Waals surface area contributed by atoms with Crippen LogP contribution in [0.3, 0.4) is 0 Å². The van der Waals surface area contributed by atoms with Gasteiger partial charge in [0.15, 0.2) is 0 Å². The van der Waals surface area contributed by atoms with Crippen molar-refractivity contribution in [2.75, 3.05) is 24.7 Å². The molecule has 2 aromatic rings. The monoisotopic (exact) mass is 670 g/mol. The summed E-state index contributed by atoms with van der Waals surface area (Å²) in [5.74, 6) is -2.16. The predicted octanol–water partition coefficient (Wildman–Crippen LogP) is 2.69. The van der Waals surface area contributed by atoms with Crippen molar-refractivity contribution in [2.24, 2.45) is 0 Å². The summed E-state index contributed by atoms with van der Waals surface area (Å²) in [7, 11) is -4.69. The first-order chi connectivity index (χ1) is 19.4. The number of halogens is 4. The Hall–Kier alpha value is -2.44. The van der Waals surface area contributed by atoms with E-state index >= 15 is 0 Å². The van der Waals surface area contributed by atoms with Gasteiger partial charge >= 0.3 is 0 Å². The number of hydrogen-bond acceptors (Lipinski definition) is 6. The molecule has 4 N–H and O–H groups in total. The highest BCUT2D eigenvalue weighted by Crippen LogP contribution is 2.23. The van der Waals surface area contributed by atoms with Crippen LogP contribution in [-0.2, 0) is 30.0 Å². The van der Waals surface area contributed by atoms with E-state index in [0.717, 1.165) is 20.7 Å². The van der Waals surface area contributed by atoms with Crippen LogP contribution in [0.15, 0.2) is 36.4 Å². The summed E-state index contributed by atoms with van der Waals surface area (Å²) >= 11 is 11.3. The zero-order valence-corrected chi connectivity index (χ0v) is 26.0. The fraction of sp³-hybridized carbons (Fsp3) is 0.417. The fourth-order valence-electron chi connectivity index (χ4n) is 4.22. The number of nitrogens with one attached hydrogen (secondary N) is 4. The van der Waals surface area contributed by atoms with E-state index in [1.165, 1.54) is 38.4 Å². The average molecular weight is 672 g/mol. The summed E-state index contributed by atoms with van der Waals surface area (Å²) in [6.45, 7) is 3.36. The summed E-state index contributed by atoms with van der Waals surface area (Å²) in [6, 6.07) is 5.15. The first kappa shape index (κ1) is 34.1. The lowest BCUT2D eigenvalue weighted by Gasteiger charge is -2.34. The zero-order valence-electron chi connectivity index (χ0n) is 22.9. The molecular weight excluding hydrogens is 641 g/mol. The van der Waals surface area contributed by atoms with Gasteiger partial charge in [-0.05, 0) is 63.1 Å². The van der Waals surface area contributed by atoms with E-state index in [-0.39, 0.29) is 22.1 Å². The number of amides is 2. The number of anilines is 2. The second-order valence-corrected chi connectivity index (χ2v) is 14.2. The van der Waals surface area contributed by atoms with Gasteiger partial charge in [-0.25, -0.2) is 8.78 Å². The molecule has 2 heterocycles. The molecule has 0 bridgehead atoms. The third-order valence-electron chi connectivity index (χ3n) is 6.47. The molecule has 2 aliphatic rings. The first-order valence-corrected chi connectivity index (χ1v) is 16.1. The Morgan fingerprint density at radius 1 is 0.762 bits per heavy atom. The minimum absolute atomic E-state index is 0.118. The molecule has 0 saturated carbocycles. The Balaban J connectivity index is 0.000000230. The van der Waals surface area contributed by atoms with Gasteiger partial charge in [0, 0.05) is 37.6 Å². The highest BCUT2D eigenvalue weighted by molar-refractivity contribution is 7.87. The number of nitrogens with zero attached hydrogens (tertiary/aromatic N) is 2. The first-order valence-electron chi connectivity index (χ1n) is 12.4. The van der Waals surface area contributed by atoms with Crippen molar-refractivity contribution in [3.8, 4) is 0 Å². The van der Waals surface area contributed by atoms with Gasteiger partial charge in [-0.3, -0.25) is 9.59 Å². The van der Waals surface area contributed by atoms with Crippen LogP contribution >= 0.6 is 23.2 Å². The van der Waals surface area contributed by atoms with Crippen molar-refractivity contribution >= 4 is 66.8 Å². The van der Waals surface area contributed by atoms with Crippen LogP contribution in [0.2, 0.25) is 10.0 Å². The van der Waals surface area contributed by atoms with Crippen LogP contribution < -0.4 is 20.1 Å². The number of carbonyl (C=O) groups is 2. The molecule has 0 spiro atoms. The van der Waals surface area contributed by atoms with Gasteiger partial charge in [0.2, 0.25) is 11.8 Å². The highest BCUT2D eigenvalue weighted by atomic mass is 35.5. The van der Waals surface area contributed by atoms with E-state index in [1.807, 2.05) is 0 Å². The van der Waals surface area contributed by atoms with Crippen molar-refractivity contribution in [2.45, 2.75) is 50.9 Å². The topological polar surface area (TPSA) is 157 Å². The molecule has 0 unspecified atom stereocenters. The van der Waals surface area contributed by atoms with E-state index in [0.29, 0.717) is 24.2 Å². The van der Waals surface area contributed by atoms with E-state index in [4.69, 9.17) is 23.2 Å². The molecule has 2 saturated heterocycles. The largest absolute Gasteiger partial charge is 0.325 e. The Morgan fingerprint density at radius 3 is 1.40 bits per heavy atom. The predicted molar refractivity (Wildman–Crippen MR) is 155 cm³/mol. The minimum atomic E-state index is -3.68. The van der Waals surface area contributed by atoms with E-state index in [2.05, 4.69) is 20.1 Å². The lowest BCUT2D eigenvalue weighted by Crippen LogP contribution is -2.58. The van der Waals surface area contributed by atoms with Crippen LogP contribution in [0.4, 0.5) is 20.2 Å². The molecule has 232 valence electrons. The normalized spacial score (nSPS) is 25.5. The molecule has 2 fully saturated rings. The van der Waals surface area contributed by atoms with Crippen LogP contribution in [-0.4, -0.2) is 75.5 Å². The summed E-state index contributed by atoms with van der Waals surface area (Å²) in [4.78, 5) is 24.5. The third kappa shape index (κ3) is 8.35. The Morgan fingerprint density at radius 2 is 1.10 bits per heavy atom. The smallest absolute Gasteiger partial charge is 0.280 e. The number of hydrogen-bond donors (Lipinski definition) is 4. The lowest BCUT2D eigenvalue weighted by atomic mass is 10.1. The van der Waals surface area contributed by atoms with Crippen LogP contribution in [0.1, 0.15) is 26.7 Å². The molecule has 42 heavy (non-hydrogen) atoms. The maximum atomic E-state index is 13.1. The molecule has 4 rings (SSSR count). The second-order valence-electron chi connectivity index (χ2n) is 9.82. The molecule has 0 aromatic heterocycles. The number of benzene rings is 2. The van der Waals surface area contributed by atoms with Gasteiger partial charge in [0.05, 0.1) is 10.0 Å².